The Hall–Kier alpha value is -3.08. The Morgan fingerprint density at radius 3 is 2.39 bits per heavy atom. The highest BCUT2D eigenvalue weighted by Crippen LogP contribution is 2.25. The van der Waals surface area contributed by atoms with E-state index in [9.17, 15) is 14.7 Å². The number of rotatable bonds is 10. The van der Waals surface area contributed by atoms with E-state index in [0.29, 0.717) is 17.5 Å². The van der Waals surface area contributed by atoms with Gasteiger partial charge in [-0.1, -0.05) is 68.7 Å². The number of unbranched alkanes of at least 4 members (excludes halogenated alkanes) is 3. The van der Waals surface area contributed by atoms with E-state index in [1.54, 1.807) is 12.1 Å². The third-order valence-electron chi connectivity index (χ3n) is 5.71. The van der Waals surface area contributed by atoms with E-state index in [0.717, 1.165) is 35.4 Å². The molecule has 2 aromatic carbocycles. The largest absolute Gasteiger partial charge is 0.478 e. The number of nitrogens with zero attached hydrogens (tertiary/aromatic N) is 1. The van der Waals surface area contributed by atoms with Crippen molar-refractivity contribution in [3.05, 3.63) is 81.5 Å². The number of aromatic amines is 1. The van der Waals surface area contributed by atoms with Crippen LogP contribution in [0.2, 0.25) is 0 Å². The Morgan fingerprint density at radius 2 is 1.74 bits per heavy atom. The number of hydrogen-bond acceptors (Lipinski definition) is 2. The fourth-order valence-corrected chi connectivity index (χ4v) is 4.12. The molecule has 0 saturated carbocycles. The number of aromatic nitrogens is 2. The van der Waals surface area contributed by atoms with E-state index >= 15 is 0 Å². The van der Waals surface area contributed by atoms with Crippen molar-refractivity contribution >= 4 is 5.97 Å². The highest BCUT2D eigenvalue weighted by molar-refractivity contribution is 5.95. The van der Waals surface area contributed by atoms with Gasteiger partial charge in [-0.25, -0.2) is 9.59 Å². The van der Waals surface area contributed by atoms with Crippen LogP contribution in [0, 0.1) is 0 Å². The molecule has 0 bridgehead atoms. The summed E-state index contributed by atoms with van der Waals surface area (Å²) in [5.41, 5.74) is 5.02. The molecule has 1 heterocycles. The van der Waals surface area contributed by atoms with Crippen molar-refractivity contribution in [2.24, 2.45) is 0 Å². The second-order valence-electron chi connectivity index (χ2n) is 8.35. The summed E-state index contributed by atoms with van der Waals surface area (Å²) in [5, 5.41) is 9.46. The van der Waals surface area contributed by atoms with E-state index in [-0.39, 0.29) is 11.7 Å². The summed E-state index contributed by atoms with van der Waals surface area (Å²) in [5.74, 6) is -0.930. The van der Waals surface area contributed by atoms with Gasteiger partial charge in [-0.2, -0.15) is 0 Å². The SMILES string of the molecule is CCCCCCc1[nH]c(=O)n(C(C)C)c1Cc1ccc(-c2ccccc2C(=O)O)cc1. The van der Waals surface area contributed by atoms with Crippen molar-refractivity contribution in [1.29, 1.82) is 0 Å². The minimum atomic E-state index is -0.930. The van der Waals surface area contributed by atoms with Gasteiger partial charge in [0.2, 0.25) is 0 Å². The molecule has 0 amide bonds. The maximum Gasteiger partial charge on any atom is 0.336 e. The molecule has 0 unspecified atom stereocenters. The molecule has 164 valence electrons. The summed E-state index contributed by atoms with van der Waals surface area (Å²) < 4.78 is 1.86. The summed E-state index contributed by atoms with van der Waals surface area (Å²) in [7, 11) is 0. The average Bonchev–Trinajstić information content (AvgIpc) is 3.06. The number of aromatic carboxylic acids is 1. The lowest BCUT2D eigenvalue weighted by Crippen LogP contribution is -2.20. The zero-order valence-corrected chi connectivity index (χ0v) is 18.6. The van der Waals surface area contributed by atoms with Crippen LogP contribution in [0.4, 0.5) is 0 Å². The number of hydrogen-bond donors (Lipinski definition) is 2. The van der Waals surface area contributed by atoms with Gasteiger partial charge in [0, 0.05) is 23.9 Å². The van der Waals surface area contributed by atoms with E-state index in [1.807, 2.05) is 54.8 Å². The van der Waals surface area contributed by atoms with E-state index in [4.69, 9.17) is 0 Å². The highest BCUT2D eigenvalue weighted by atomic mass is 16.4. The van der Waals surface area contributed by atoms with Gasteiger partial charge in [-0.3, -0.25) is 4.57 Å². The molecule has 0 aliphatic carbocycles. The lowest BCUT2D eigenvalue weighted by atomic mass is 9.97. The van der Waals surface area contributed by atoms with Crippen LogP contribution >= 0.6 is 0 Å². The number of imidazole rings is 1. The van der Waals surface area contributed by atoms with Gasteiger partial charge in [0.05, 0.1) is 5.56 Å². The van der Waals surface area contributed by atoms with Crippen LogP contribution in [0.3, 0.4) is 0 Å². The number of carboxylic acid groups (broad SMARTS) is 1. The molecule has 0 atom stereocenters. The van der Waals surface area contributed by atoms with Gasteiger partial charge in [-0.15, -0.1) is 0 Å². The van der Waals surface area contributed by atoms with Gasteiger partial charge in [0.25, 0.3) is 0 Å². The predicted molar refractivity (Wildman–Crippen MR) is 125 cm³/mol. The molecule has 5 heteroatoms. The number of carboxylic acids is 1. The van der Waals surface area contributed by atoms with Crippen LogP contribution in [-0.4, -0.2) is 20.6 Å². The summed E-state index contributed by atoms with van der Waals surface area (Å²) in [6.45, 7) is 6.26. The topological polar surface area (TPSA) is 75.1 Å². The number of aryl methyl sites for hydroxylation is 1. The summed E-state index contributed by atoms with van der Waals surface area (Å²) in [4.78, 5) is 27.2. The third-order valence-corrected chi connectivity index (χ3v) is 5.71. The molecule has 3 aromatic rings. The molecule has 31 heavy (non-hydrogen) atoms. The first-order valence-electron chi connectivity index (χ1n) is 11.2. The Labute approximate surface area is 183 Å². The van der Waals surface area contributed by atoms with Crippen LogP contribution in [0.1, 0.15) is 79.8 Å². The Morgan fingerprint density at radius 1 is 1.03 bits per heavy atom. The van der Waals surface area contributed by atoms with Gasteiger partial charge < -0.3 is 10.1 Å². The number of H-pyrrole nitrogens is 1. The second kappa shape index (κ2) is 10.3. The van der Waals surface area contributed by atoms with Crippen molar-refractivity contribution in [2.45, 2.75) is 65.3 Å². The molecule has 0 fully saturated rings. The normalized spacial score (nSPS) is 11.2. The van der Waals surface area contributed by atoms with Crippen LogP contribution in [-0.2, 0) is 12.8 Å². The maximum atomic E-state index is 12.6. The van der Waals surface area contributed by atoms with Crippen molar-refractivity contribution in [2.75, 3.05) is 0 Å². The maximum absolute atomic E-state index is 12.6. The molecule has 2 N–H and O–H groups in total. The molecular weight excluding hydrogens is 388 g/mol. The third kappa shape index (κ3) is 5.35. The summed E-state index contributed by atoms with van der Waals surface area (Å²) in [6, 6.07) is 15.1. The molecule has 3 rings (SSSR count). The quantitative estimate of drug-likeness (QED) is 0.405. The van der Waals surface area contributed by atoms with E-state index in [2.05, 4.69) is 11.9 Å². The lowest BCUT2D eigenvalue weighted by Gasteiger charge is -2.13. The molecule has 0 saturated heterocycles. The van der Waals surface area contributed by atoms with Gasteiger partial charge >= 0.3 is 11.7 Å². The van der Waals surface area contributed by atoms with E-state index in [1.165, 1.54) is 19.3 Å². The first kappa shape index (κ1) is 22.6. The van der Waals surface area contributed by atoms with Crippen molar-refractivity contribution in [1.82, 2.24) is 9.55 Å². The number of nitrogens with one attached hydrogen (secondary N) is 1. The monoisotopic (exact) mass is 420 g/mol. The molecular formula is C26H32N2O3. The predicted octanol–water partition coefficient (Wildman–Crippen LogP) is 5.84. The zero-order valence-electron chi connectivity index (χ0n) is 18.6. The number of carbonyl (C=O) groups is 1. The molecule has 5 nitrogen and oxygen atoms in total. The van der Waals surface area contributed by atoms with Crippen molar-refractivity contribution < 1.29 is 9.90 Å². The van der Waals surface area contributed by atoms with E-state index < -0.39 is 5.97 Å². The van der Waals surface area contributed by atoms with Gasteiger partial charge in [-0.05, 0) is 49.4 Å². The number of benzene rings is 2. The standard InChI is InChI=1S/C26H32N2O3/c1-4-5-6-7-12-23-24(28(18(2)3)26(31)27-23)17-19-13-15-20(16-14-19)21-10-8-9-11-22(21)25(29)30/h8-11,13-16,18H,4-7,12,17H2,1-3H3,(H,27,31)(H,29,30). The smallest absolute Gasteiger partial charge is 0.336 e. The lowest BCUT2D eigenvalue weighted by molar-refractivity contribution is 0.0697. The van der Waals surface area contributed by atoms with Crippen molar-refractivity contribution in [3.63, 3.8) is 0 Å². The first-order valence-corrected chi connectivity index (χ1v) is 11.2. The van der Waals surface area contributed by atoms with Crippen LogP contribution in [0.5, 0.6) is 0 Å². The fourth-order valence-electron chi connectivity index (χ4n) is 4.12. The minimum absolute atomic E-state index is 0.0394. The van der Waals surface area contributed by atoms with Crippen LogP contribution in [0.15, 0.2) is 53.3 Å². The molecule has 0 radical (unpaired) electrons. The van der Waals surface area contributed by atoms with Crippen molar-refractivity contribution in [3.8, 4) is 11.1 Å². The van der Waals surface area contributed by atoms with Crippen LogP contribution < -0.4 is 5.69 Å². The van der Waals surface area contributed by atoms with Gasteiger partial charge in [0.1, 0.15) is 0 Å². The highest BCUT2D eigenvalue weighted by Gasteiger charge is 2.17. The first-order chi connectivity index (χ1) is 14.9. The Balaban J connectivity index is 1.87. The van der Waals surface area contributed by atoms with Gasteiger partial charge in [0.15, 0.2) is 0 Å². The molecule has 0 aliphatic rings. The Kier molecular flexibility index (Phi) is 7.50. The summed E-state index contributed by atoms with van der Waals surface area (Å²) >= 11 is 0. The minimum Gasteiger partial charge on any atom is -0.478 e. The van der Waals surface area contributed by atoms with Crippen LogP contribution in [0.25, 0.3) is 11.1 Å². The second-order valence-corrected chi connectivity index (χ2v) is 8.35. The summed E-state index contributed by atoms with van der Waals surface area (Å²) in [6.07, 6.45) is 6.19. The molecule has 1 aromatic heterocycles. The molecule has 0 aliphatic heterocycles. The zero-order chi connectivity index (χ0) is 22.4. The Bertz CT molecular complexity index is 1070. The fraction of sp³-hybridized carbons (Fsp3) is 0.385. The average molecular weight is 421 g/mol. The molecule has 0 spiro atoms.